The van der Waals surface area contributed by atoms with Crippen LogP contribution in [0.3, 0.4) is 0 Å². The van der Waals surface area contributed by atoms with Gasteiger partial charge in [-0.3, -0.25) is 0 Å². The zero-order chi connectivity index (χ0) is 16.4. The van der Waals surface area contributed by atoms with Gasteiger partial charge in [-0.15, -0.1) is 11.6 Å². The van der Waals surface area contributed by atoms with Gasteiger partial charge in [0.25, 0.3) is 0 Å². The van der Waals surface area contributed by atoms with E-state index in [1.807, 2.05) is 6.07 Å². The highest BCUT2D eigenvalue weighted by molar-refractivity contribution is 6.21. The van der Waals surface area contributed by atoms with Crippen LogP contribution in [-0.2, 0) is 6.42 Å². The third-order valence-electron chi connectivity index (χ3n) is 5.39. The topological polar surface area (TPSA) is 26.0 Å². The van der Waals surface area contributed by atoms with E-state index in [9.17, 15) is 0 Å². The molecule has 1 nitrogen and oxygen atoms in total. The molecule has 0 aromatic heterocycles. The summed E-state index contributed by atoms with van der Waals surface area (Å²) in [6.45, 7) is 4.60. The fourth-order valence-corrected chi connectivity index (χ4v) is 4.48. The molecule has 5 atom stereocenters. The summed E-state index contributed by atoms with van der Waals surface area (Å²) in [4.78, 5) is 0. The first-order valence-electron chi connectivity index (χ1n) is 8.59. The predicted octanol–water partition coefficient (Wildman–Crippen LogP) is 5.30. The average molecular weight is 328 g/mol. The largest absolute Gasteiger partial charge is 0.324 e. The zero-order valence-corrected chi connectivity index (χ0v) is 14.7. The molecule has 122 valence electrons. The third-order valence-corrected chi connectivity index (χ3v) is 5.97. The Bertz CT molecular complexity index is 622. The SMILES string of the molecule is CC1CC(Cl)C(C)C1c1ccc(C(N)Cc2ccccc2)cc1. The zero-order valence-electron chi connectivity index (χ0n) is 14.0. The van der Waals surface area contributed by atoms with Crippen LogP contribution in [0.15, 0.2) is 54.6 Å². The summed E-state index contributed by atoms with van der Waals surface area (Å²) in [5.74, 6) is 1.75. The molecule has 2 aromatic rings. The number of halogens is 1. The van der Waals surface area contributed by atoms with Crippen LogP contribution in [0.4, 0.5) is 0 Å². The van der Waals surface area contributed by atoms with Gasteiger partial charge in [-0.1, -0.05) is 68.4 Å². The predicted molar refractivity (Wildman–Crippen MR) is 98.8 cm³/mol. The molecule has 1 aliphatic rings. The lowest BCUT2D eigenvalue weighted by atomic mass is 9.84. The van der Waals surface area contributed by atoms with Crippen molar-refractivity contribution in [2.24, 2.45) is 17.6 Å². The maximum atomic E-state index is 6.45. The van der Waals surface area contributed by atoms with Gasteiger partial charge in [0.15, 0.2) is 0 Å². The monoisotopic (exact) mass is 327 g/mol. The van der Waals surface area contributed by atoms with Crippen molar-refractivity contribution in [2.45, 2.75) is 44.0 Å². The Morgan fingerprint density at radius 2 is 1.70 bits per heavy atom. The van der Waals surface area contributed by atoms with Crippen LogP contribution in [0.5, 0.6) is 0 Å². The quantitative estimate of drug-likeness (QED) is 0.758. The summed E-state index contributed by atoms with van der Waals surface area (Å²) in [6, 6.07) is 19.4. The van der Waals surface area contributed by atoms with Gasteiger partial charge in [-0.05, 0) is 47.3 Å². The Labute approximate surface area is 144 Å². The fraction of sp³-hybridized carbons (Fsp3) is 0.429. The van der Waals surface area contributed by atoms with Crippen molar-refractivity contribution in [3.8, 4) is 0 Å². The number of rotatable bonds is 4. The molecule has 1 saturated carbocycles. The number of benzene rings is 2. The van der Waals surface area contributed by atoms with Gasteiger partial charge >= 0.3 is 0 Å². The van der Waals surface area contributed by atoms with E-state index in [0.29, 0.717) is 23.1 Å². The number of hydrogen-bond donors (Lipinski definition) is 1. The van der Waals surface area contributed by atoms with Gasteiger partial charge in [-0.25, -0.2) is 0 Å². The van der Waals surface area contributed by atoms with Gasteiger partial charge in [0, 0.05) is 11.4 Å². The lowest BCUT2D eigenvalue weighted by Crippen LogP contribution is -2.15. The average Bonchev–Trinajstić information content (AvgIpc) is 2.81. The van der Waals surface area contributed by atoms with E-state index < -0.39 is 0 Å². The summed E-state index contributed by atoms with van der Waals surface area (Å²) in [6.07, 6.45) is 1.99. The molecule has 0 aliphatic heterocycles. The molecule has 2 heteroatoms. The highest BCUT2D eigenvalue weighted by atomic mass is 35.5. The van der Waals surface area contributed by atoms with E-state index in [0.717, 1.165) is 12.8 Å². The van der Waals surface area contributed by atoms with E-state index in [1.165, 1.54) is 16.7 Å². The summed E-state index contributed by atoms with van der Waals surface area (Å²) in [5, 5.41) is 0.301. The second-order valence-corrected chi connectivity index (χ2v) is 7.64. The molecular weight excluding hydrogens is 302 g/mol. The molecule has 0 bridgehead atoms. The minimum Gasteiger partial charge on any atom is -0.324 e. The molecule has 2 aromatic carbocycles. The van der Waals surface area contributed by atoms with Crippen molar-refractivity contribution < 1.29 is 0 Å². The first-order chi connectivity index (χ1) is 11.1. The molecule has 0 saturated heterocycles. The third kappa shape index (κ3) is 3.62. The van der Waals surface area contributed by atoms with E-state index in [-0.39, 0.29) is 6.04 Å². The minimum absolute atomic E-state index is 0.0469. The second-order valence-electron chi connectivity index (χ2n) is 7.08. The van der Waals surface area contributed by atoms with Crippen LogP contribution in [0.2, 0.25) is 0 Å². The first kappa shape index (κ1) is 16.5. The lowest BCUT2D eigenvalue weighted by molar-refractivity contribution is 0.461. The molecule has 23 heavy (non-hydrogen) atoms. The van der Waals surface area contributed by atoms with Crippen LogP contribution in [0.25, 0.3) is 0 Å². The smallest absolute Gasteiger partial charge is 0.0370 e. The molecule has 1 aliphatic carbocycles. The summed E-state index contributed by atoms with van der Waals surface area (Å²) >= 11 is 6.45. The molecule has 0 radical (unpaired) electrons. The molecule has 0 spiro atoms. The van der Waals surface area contributed by atoms with Crippen molar-refractivity contribution >= 4 is 11.6 Å². The van der Waals surface area contributed by atoms with Crippen LogP contribution >= 0.6 is 11.6 Å². The van der Waals surface area contributed by atoms with Crippen molar-refractivity contribution in [2.75, 3.05) is 0 Å². The Kier molecular flexibility index (Phi) is 5.08. The van der Waals surface area contributed by atoms with Gasteiger partial charge < -0.3 is 5.73 Å². The van der Waals surface area contributed by atoms with Gasteiger partial charge in [0.2, 0.25) is 0 Å². The van der Waals surface area contributed by atoms with Crippen LogP contribution in [0.1, 0.15) is 48.9 Å². The highest BCUT2D eigenvalue weighted by Crippen LogP contribution is 2.46. The van der Waals surface area contributed by atoms with E-state index in [1.54, 1.807) is 0 Å². The van der Waals surface area contributed by atoms with E-state index in [4.69, 9.17) is 17.3 Å². The fourth-order valence-electron chi connectivity index (χ4n) is 4.04. The minimum atomic E-state index is 0.0469. The second kappa shape index (κ2) is 7.07. The summed E-state index contributed by atoms with van der Waals surface area (Å²) in [7, 11) is 0. The van der Waals surface area contributed by atoms with Crippen molar-refractivity contribution in [1.29, 1.82) is 0 Å². The Balaban J connectivity index is 1.72. The van der Waals surface area contributed by atoms with Gasteiger partial charge in [-0.2, -0.15) is 0 Å². The maximum absolute atomic E-state index is 6.45. The Morgan fingerprint density at radius 1 is 1.04 bits per heavy atom. The summed E-state index contributed by atoms with van der Waals surface area (Å²) in [5.41, 5.74) is 10.3. The van der Waals surface area contributed by atoms with Crippen molar-refractivity contribution in [3.05, 3.63) is 71.3 Å². The van der Waals surface area contributed by atoms with E-state index >= 15 is 0 Å². The van der Waals surface area contributed by atoms with Crippen molar-refractivity contribution in [1.82, 2.24) is 0 Å². The molecule has 0 heterocycles. The van der Waals surface area contributed by atoms with Gasteiger partial charge in [0.1, 0.15) is 0 Å². The molecule has 2 N–H and O–H groups in total. The molecular formula is C21H26ClN. The normalized spacial score (nSPS) is 28.7. The van der Waals surface area contributed by atoms with Crippen LogP contribution in [0, 0.1) is 11.8 Å². The standard InChI is InChI=1S/C21H26ClN/c1-14-12-19(22)15(2)21(14)18-10-8-17(9-11-18)20(23)13-16-6-4-3-5-7-16/h3-11,14-15,19-21H,12-13,23H2,1-2H3. The highest BCUT2D eigenvalue weighted by Gasteiger charge is 2.37. The van der Waals surface area contributed by atoms with Gasteiger partial charge in [0.05, 0.1) is 0 Å². The van der Waals surface area contributed by atoms with Crippen LogP contribution in [-0.4, -0.2) is 5.38 Å². The molecule has 0 amide bonds. The number of alkyl halides is 1. The lowest BCUT2D eigenvalue weighted by Gasteiger charge is -2.22. The van der Waals surface area contributed by atoms with E-state index in [2.05, 4.69) is 62.4 Å². The molecule has 3 rings (SSSR count). The first-order valence-corrected chi connectivity index (χ1v) is 9.03. The Morgan fingerprint density at radius 3 is 2.26 bits per heavy atom. The van der Waals surface area contributed by atoms with Crippen molar-refractivity contribution in [3.63, 3.8) is 0 Å². The maximum Gasteiger partial charge on any atom is 0.0370 e. The Hall–Kier alpha value is -1.31. The van der Waals surface area contributed by atoms with Crippen LogP contribution < -0.4 is 5.73 Å². The molecule has 5 unspecified atom stereocenters. The number of hydrogen-bond acceptors (Lipinski definition) is 1. The number of nitrogens with two attached hydrogens (primary N) is 1. The summed E-state index contributed by atoms with van der Waals surface area (Å²) < 4.78 is 0. The molecule has 1 fully saturated rings.